The second-order valence-electron chi connectivity index (χ2n) is 6.03. The van der Waals surface area contributed by atoms with E-state index in [4.69, 9.17) is 0 Å². The van der Waals surface area contributed by atoms with E-state index in [0.717, 1.165) is 11.8 Å². The van der Waals surface area contributed by atoms with Crippen molar-refractivity contribution in [1.82, 2.24) is 9.62 Å². The zero-order valence-corrected chi connectivity index (χ0v) is 14.3. The Hall–Kier alpha value is -1.93. The van der Waals surface area contributed by atoms with Crippen LogP contribution in [0.3, 0.4) is 0 Å². The van der Waals surface area contributed by atoms with Crippen molar-refractivity contribution in [2.24, 2.45) is 5.92 Å². The highest BCUT2D eigenvalue weighted by molar-refractivity contribution is 7.88. The summed E-state index contributed by atoms with van der Waals surface area (Å²) in [4.78, 5) is 23.7. The van der Waals surface area contributed by atoms with Crippen LogP contribution in [0, 0.1) is 5.92 Å². The van der Waals surface area contributed by atoms with Gasteiger partial charge in [-0.25, -0.2) is 17.5 Å². The van der Waals surface area contributed by atoms with Crippen molar-refractivity contribution in [3.05, 3.63) is 35.9 Å². The van der Waals surface area contributed by atoms with Gasteiger partial charge in [0.15, 0.2) is 0 Å². The van der Waals surface area contributed by atoms with Gasteiger partial charge in [0.2, 0.25) is 15.9 Å². The van der Waals surface area contributed by atoms with E-state index in [0.29, 0.717) is 12.8 Å². The molecule has 132 valence electrons. The fourth-order valence-corrected chi connectivity index (χ4v) is 3.66. The van der Waals surface area contributed by atoms with Crippen molar-refractivity contribution in [2.45, 2.75) is 25.3 Å². The average Bonchev–Trinajstić information content (AvgIpc) is 2.54. The van der Waals surface area contributed by atoms with Crippen LogP contribution in [0.1, 0.15) is 18.4 Å². The van der Waals surface area contributed by atoms with Gasteiger partial charge in [-0.3, -0.25) is 4.79 Å². The number of aliphatic carboxylic acids is 1. The summed E-state index contributed by atoms with van der Waals surface area (Å²) in [5.74, 6) is -1.77. The number of carbonyl (C=O) groups is 2. The fraction of sp³-hybridized carbons (Fsp3) is 0.500. The van der Waals surface area contributed by atoms with Gasteiger partial charge in [-0.15, -0.1) is 0 Å². The largest absolute Gasteiger partial charge is 0.480 e. The Bertz CT molecular complexity index is 682. The van der Waals surface area contributed by atoms with E-state index in [-0.39, 0.29) is 31.3 Å². The number of hydrogen-bond donors (Lipinski definition) is 2. The molecule has 24 heavy (non-hydrogen) atoms. The number of piperidine rings is 1. The van der Waals surface area contributed by atoms with Gasteiger partial charge in [-0.1, -0.05) is 30.3 Å². The minimum Gasteiger partial charge on any atom is -0.480 e. The molecule has 0 aliphatic carbocycles. The number of carbonyl (C=O) groups excluding carboxylic acids is 1. The topological polar surface area (TPSA) is 104 Å². The van der Waals surface area contributed by atoms with Crippen LogP contribution >= 0.6 is 0 Å². The molecule has 1 aromatic rings. The molecule has 2 rings (SSSR count). The van der Waals surface area contributed by atoms with Gasteiger partial charge < -0.3 is 10.4 Å². The summed E-state index contributed by atoms with van der Waals surface area (Å²) >= 11 is 0. The van der Waals surface area contributed by atoms with Gasteiger partial charge in [0.05, 0.1) is 6.26 Å². The molecule has 1 aromatic carbocycles. The third-order valence-corrected chi connectivity index (χ3v) is 5.49. The van der Waals surface area contributed by atoms with E-state index in [1.54, 1.807) is 0 Å². The number of sulfonamides is 1. The van der Waals surface area contributed by atoms with Crippen LogP contribution in [0.15, 0.2) is 30.3 Å². The van der Waals surface area contributed by atoms with E-state index in [2.05, 4.69) is 5.32 Å². The first-order valence-corrected chi connectivity index (χ1v) is 9.64. The predicted molar refractivity (Wildman–Crippen MR) is 88.9 cm³/mol. The Morgan fingerprint density at radius 2 is 1.83 bits per heavy atom. The molecule has 1 saturated heterocycles. The van der Waals surface area contributed by atoms with Gasteiger partial charge in [0.25, 0.3) is 0 Å². The summed E-state index contributed by atoms with van der Waals surface area (Å²) in [6, 6.07) is 8.11. The first-order valence-electron chi connectivity index (χ1n) is 7.79. The minimum absolute atomic E-state index is 0.212. The zero-order valence-electron chi connectivity index (χ0n) is 13.5. The van der Waals surface area contributed by atoms with Crippen LogP contribution in [-0.2, 0) is 26.0 Å². The summed E-state index contributed by atoms with van der Waals surface area (Å²) in [6.07, 6.45) is 2.16. The first kappa shape index (κ1) is 18.4. The number of hydrogen-bond acceptors (Lipinski definition) is 4. The molecule has 1 fully saturated rings. The maximum Gasteiger partial charge on any atom is 0.326 e. The number of carboxylic acids is 1. The van der Waals surface area contributed by atoms with Gasteiger partial charge in [-0.2, -0.15) is 0 Å². The van der Waals surface area contributed by atoms with Gasteiger partial charge >= 0.3 is 5.97 Å². The van der Waals surface area contributed by atoms with Crippen LogP contribution in [0.4, 0.5) is 0 Å². The number of nitrogens with zero attached hydrogens (tertiary/aromatic N) is 1. The highest BCUT2D eigenvalue weighted by Crippen LogP contribution is 2.19. The zero-order chi connectivity index (χ0) is 17.7. The van der Waals surface area contributed by atoms with Crippen LogP contribution in [0.5, 0.6) is 0 Å². The average molecular weight is 354 g/mol. The van der Waals surface area contributed by atoms with Crippen molar-refractivity contribution in [2.75, 3.05) is 19.3 Å². The molecule has 0 unspecified atom stereocenters. The van der Waals surface area contributed by atoms with Crippen molar-refractivity contribution >= 4 is 21.9 Å². The molecule has 2 N–H and O–H groups in total. The van der Waals surface area contributed by atoms with Crippen LogP contribution in [0.2, 0.25) is 0 Å². The summed E-state index contributed by atoms with van der Waals surface area (Å²) in [6.45, 7) is 0.570. The van der Waals surface area contributed by atoms with Crippen LogP contribution in [0.25, 0.3) is 0 Å². The number of carboxylic acid groups (broad SMARTS) is 1. The molecule has 8 heteroatoms. The van der Waals surface area contributed by atoms with Crippen LogP contribution in [-0.4, -0.2) is 55.1 Å². The standard InChI is InChI=1S/C16H22N2O5S/c1-24(22,23)18-9-7-13(8-10-18)15(19)17-14(16(20)21)11-12-5-3-2-4-6-12/h2-6,13-14H,7-11H2,1H3,(H,17,19)(H,20,21)/t14-/m0/s1. The monoisotopic (exact) mass is 354 g/mol. The van der Waals surface area contributed by atoms with E-state index in [1.807, 2.05) is 30.3 Å². The number of nitrogens with one attached hydrogen (secondary N) is 1. The van der Waals surface area contributed by atoms with Gasteiger partial charge in [-0.05, 0) is 18.4 Å². The summed E-state index contributed by atoms with van der Waals surface area (Å²) in [5.41, 5.74) is 0.831. The molecular formula is C16H22N2O5S. The van der Waals surface area contributed by atoms with E-state index in [9.17, 15) is 23.1 Å². The Labute approximate surface area is 141 Å². The normalized spacial score (nSPS) is 18.0. The van der Waals surface area contributed by atoms with E-state index in [1.165, 1.54) is 4.31 Å². The highest BCUT2D eigenvalue weighted by atomic mass is 32.2. The molecule has 1 aliphatic rings. The second kappa shape index (κ2) is 7.76. The molecule has 0 bridgehead atoms. The van der Waals surface area contributed by atoms with E-state index >= 15 is 0 Å². The molecule has 0 saturated carbocycles. The van der Waals surface area contributed by atoms with E-state index < -0.39 is 22.0 Å². The first-order chi connectivity index (χ1) is 11.3. The van der Waals surface area contributed by atoms with Crippen molar-refractivity contribution in [1.29, 1.82) is 0 Å². The van der Waals surface area contributed by atoms with Crippen LogP contribution < -0.4 is 5.32 Å². The Morgan fingerprint density at radius 1 is 1.25 bits per heavy atom. The van der Waals surface area contributed by atoms with Crippen molar-refractivity contribution < 1.29 is 23.1 Å². The Morgan fingerprint density at radius 3 is 2.33 bits per heavy atom. The molecule has 1 aliphatic heterocycles. The summed E-state index contributed by atoms with van der Waals surface area (Å²) < 4.78 is 24.3. The summed E-state index contributed by atoms with van der Waals surface area (Å²) in [5, 5.41) is 11.9. The van der Waals surface area contributed by atoms with Crippen molar-refractivity contribution in [3.63, 3.8) is 0 Å². The molecular weight excluding hydrogens is 332 g/mol. The third kappa shape index (κ3) is 5.04. The molecule has 0 aromatic heterocycles. The number of amides is 1. The summed E-state index contributed by atoms with van der Waals surface area (Å²) in [7, 11) is -3.24. The van der Waals surface area contributed by atoms with Gasteiger partial charge in [0, 0.05) is 25.4 Å². The third-order valence-electron chi connectivity index (χ3n) is 4.19. The maximum absolute atomic E-state index is 12.3. The molecule has 1 heterocycles. The Balaban J connectivity index is 1.93. The molecule has 1 amide bonds. The molecule has 0 spiro atoms. The lowest BCUT2D eigenvalue weighted by atomic mass is 9.96. The highest BCUT2D eigenvalue weighted by Gasteiger charge is 2.31. The molecule has 7 nitrogen and oxygen atoms in total. The Kier molecular flexibility index (Phi) is 5.95. The minimum atomic E-state index is -3.24. The van der Waals surface area contributed by atoms with Gasteiger partial charge in [0.1, 0.15) is 6.04 Å². The quantitative estimate of drug-likeness (QED) is 0.773. The predicted octanol–water partition coefficient (Wildman–Crippen LogP) is 0.470. The smallest absolute Gasteiger partial charge is 0.326 e. The lowest BCUT2D eigenvalue weighted by molar-refractivity contribution is -0.142. The molecule has 1 atom stereocenters. The van der Waals surface area contributed by atoms with Crippen molar-refractivity contribution in [3.8, 4) is 0 Å². The fourth-order valence-electron chi connectivity index (χ4n) is 2.79. The maximum atomic E-state index is 12.3. The number of benzene rings is 1. The number of rotatable bonds is 6. The lowest BCUT2D eigenvalue weighted by Gasteiger charge is -2.30. The lowest BCUT2D eigenvalue weighted by Crippen LogP contribution is -2.48. The SMILES string of the molecule is CS(=O)(=O)N1CCC(C(=O)N[C@@H](Cc2ccccc2)C(=O)O)CC1. The second-order valence-corrected chi connectivity index (χ2v) is 8.01. The molecule has 0 radical (unpaired) electrons.